The van der Waals surface area contributed by atoms with E-state index in [1.165, 1.54) is 47.0 Å². The van der Waals surface area contributed by atoms with Gasteiger partial charge in [-0.2, -0.15) is 4.31 Å². The Kier molecular flexibility index (Phi) is 8.41. The van der Waals surface area contributed by atoms with E-state index < -0.39 is 21.9 Å². The van der Waals surface area contributed by atoms with Crippen molar-refractivity contribution in [2.45, 2.75) is 31.3 Å². The third-order valence-electron chi connectivity index (χ3n) is 5.89. The number of carbonyl (C=O) groups excluding carboxylic acids is 2. The molecule has 1 aromatic heterocycles. The van der Waals surface area contributed by atoms with Crippen molar-refractivity contribution in [1.82, 2.24) is 4.31 Å². The second-order valence-electron chi connectivity index (χ2n) is 8.82. The number of anilines is 1. The highest BCUT2D eigenvalue weighted by Gasteiger charge is 2.27. The first kappa shape index (κ1) is 27.3. The van der Waals surface area contributed by atoms with Crippen LogP contribution in [0, 0.1) is 0 Å². The topological polar surface area (TPSA) is 92.8 Å². The molecule has 1 heterocycles. The van der Waals surface area contributed by atoms with Gasteiger partial charge in [-0.1, -0.05) is 60.7 Å². The molecule has 7 nitrogen and oxygen atoms in total. The van der Waals surface area contributed by atoms with Crippen molar-refractivity contribution in [2.24, 2.45) is 0 Å². The molecular weight excluding hydrogens is 520 g/mol. The molecule has 3 aromatic carbocycles. The van der Waals surface area contributed by atoms with Gasteiger partial charge >= 0.3 is 5.97 Å². The molecule has 0 aliphatic rings. The normalized spacial score (nSPS) is 11.5. The van der Waals surface area contributed by atoms with Crippen LogP contribution in [0.15, 0.2) is 95.9 Å². The summed E-state index contributed by atoms with van der Waals surface area (Å²) in [6, 6.07) is 26.1. The number of methoxy groups -OCH3 is 1. The van der Waals surface area contributed by atoms with Crippen molar-refractivity contribution in [3.63, 3.8) is 0 Å². The van der Waals surface area contributed by atoms with Crippen LogP contribution in [-0.2, 0) is 21.3 Å². The van der Waals surface area contributed by atoms with Crippen LogP contribution < -0.4 is 5.32 Å². The molecule has 0 radical (unpaired) electrons. The first-order valence-corrected chi connectivity index (χ1v) is 14.2. The predicted molar refractivity (Wildman–Crippen MR) is 150 cm³/mol. The minimum atomic E-state index is -3.81. The van der Waals surface area contributed by atoms with Crippen LogP contribution in [0.25, 0.3) is 10.4 Å². The van der Waals surface area contributed by atoms with Crippen LogP contribution in [0.5, 0.6) is 0 Å². The van der Waals surface area contributed by atoms with Gasteiger partial charge < -0.3 is 10.1 Å². The van der Waals surface area contributed by atoms with Gasteiger partial charge in [-0.25, -0.2) is 13.2 Å². The lowest BCUT2D eigenvalue weighted by atomic mass is 10.2. The van der Waals surface area contributed by atoms with Gasteiger partial charge in [0.1, 0.15) is 4.88 Å². The van der Waals surface area contributed by atoms with Crippen LogP contribution >= 0.6 is 11.3 Å². The second kappa shape index (κ2) is 11.7. The SMILES string of the molecule is COC(=O)c1sc(-c2ccccc2)cc1NC(=O)c1ccc(S(=O)(=O)N(Cc2ccccc2)C(C)C)cc1. The average molecular weight is 549 g/mol. The van der Waals surface area contributed by atoms with Crippen LogP contribution in [-0.4, -0.2) is 37.8 Å². The fourth-order valence-corrected chi connectivity index (χ4v) is 6.55. The van der Waals surface area contributed by atoms with Crippen molar-refractivity contribution in [1.29, 1.82) is 0 Å². The molecule has 4 rings (SSSR count). The third-order valence-corrected chi connectivity index (χ3v) is 9.09. The number of amides is 1. The number of esters is 1. The largest absolute Gasteiger partial charge is 0.465 e. The molecule has 38 heavy (non-hydrogen) atoms. The summed E-state index contributed by atoms with van der Waals surface area (Å²) in [5.41, 5.74) is 2.37. The summed E-state index contributed by atoms with van der Waals surface area (Å²) in [4.78, 5) is 26.6. The number of hydrogen-bond acceptors (Lipinski definition) is 6. The van der Waals surface area contributed by atoms with E-state index in [1.807, 2.05) is 74.5 Å². The van der Waals surface area contributed by atoms with Crippen molar-refractivity contribution in [3.05, 3.63) is 107 Å². The standard InChI is InChI=1S/C29H28N2O5S2/c1-20(2)31(19-21-10-6-4-7-11-21)38(34,35)24-16-14-23(15-17-24)28(32)30-25-18-26(22-12-8-5-9-13-22)37-27(25)29(33)36-3/h4-18,20H,19H2,1-3H3,(H,30,32). The molecule has 0 atom stereocenters. The average Bonchev–Trinajstić information content (AvgIpc) is 3.36. The first-order chi connectivity index (χ1) is 18.2. The summed E-state index contributed by atoms with van der Waals surface area (Å²) in [5.74, 6) is -1.03. The number of ether oxygens (including phenoxy) is 1. The molecule has 0 saturated heterocycles. The Hall–Kier alpha value is -3.79. The van der Waals surface area contributed by atoms with E-state index in [2.05, 4.69) is 5.32 Å². The van der Waals surface area contributed by atoms with Gasteiger partial charge in [0.05, 0.1) is 17.7 Å². The minimum Gasteiger partial charge on any atom is -0.465 e. The number of thiophene rings is 1. The molecule has 0 bridgehead atoms. The van der Waals surface area contributed by atoms with Crippen LogP contribution in [0.4, 0.5) is 5.69 Å². The first-order valence-electron chi connectivity index (χ1n) is 12.0. The Balaban J connectivity index is 1.56. The Morgan fingerprint density at radius 1 is 0.921 bits per heavy atom. The van der Waals surface area contributed by atoms with Gasteiger partial charge in [0.2, 0.25) is 10.0 Å². The molecular formula is C29H28N2O5S2. The highest BCUT2D eigenvalue weighted by molar-refractivity contribution is 7.89. The van der Waals surface area contributed by atoms with Crippen molar-refractivity contribution >= 4 is 38.9 Å². The molecule has 0 fully saturated rings. The fourth-order valence-electron chi connectivity index (χ4n) is 3.89. The van der Waals surface area contributed by atoms with Gasteiger partial charge in [-0.3, -0.25) is 4.79 Å². The summed E-state index contributed by atoms with van der Waals surface area (Å²) >= 11 is 1.22. The molecule has 0 unspecified atom stereocenters. The van der Waals surface area contributed by atoms with E-state index in [-0.39, 0.29) is 27.9 Å². The smallest absolute Gasteiger partial charge is 0.350 e. The summed E-state index contributed by atoms with van der Waals surface area (Å²) in [6.07, 6.45) is 0. The molecule has 0 spiro atoms. The van der Waals surface area contributed by atoms with Crippen LogP contribution in [0.3, 0.4) is 0 Å². The number of carbonyl (C=O) groups is 2. The lowest BCUT2D eigenvalue weighted by Crippen LogP contribution is -2.36. The van der Waals surface area contributed by atoms with Crippen molar-refractivity contribution in [3.8, 4) is 10.4 Å². The van der Waals surface area contributed by atoms with E-state index in [9.17, 15) is 18.0 Å². The zero-order valence-corrected chi connectivity index (χ0v) is 22.9. The van der Waals surface area contributed by atoms with Crippen LogP contribution in [0.1, 0.15) is 39.4 Å². The van der Waals surface area contributed by atoms with Gasteiger partial charge in [0.25, 0.3) is 5.91 Å². The molecule has 4 aromatic rings. The molecule has 0 aliphatic carbocycles. The number of hydrogen-bond donors (Lipinski definition) is 1. The van der Waals surface area contributed by atoms with Gasteiger partial charge in [-0.05, 0) is 55.3 Å². The lowest BCUT2D eigenvalue weighted by Gasteiger charge is -2.26. The van der Waals surface area contributed by atoms with E-state index >= 15 is 0 Å². The maximum atomic E-state index is 13.4. The molecule has 0 saturated carbocycles. The van der Waals surface area contributed by atoms with Crippen molar-refractivity contribution in [2.75, 3.05) is 12.4 Å². The summed E-state index contributed by atoms with van der Waals surface area (Å²) in [6.45, 7) is 3.89. The fraction of sp³-hybridized carbons (Fsp3) is 0.172. The highest BCUT2D eigenvalue weighted by atomic mass is 32.2. The number of benzene rings is 3. The second-order valence-corrected chi connectivity index (χ2v) is 11.8. The quantitative estimate of drug-likeness (QED) is 0.257. The maximum absolute atomic E-state index is 13.4. The van der Waals surface area contributed by atoms with E-state index in [4.69, 9.17) is 4.74 Å². The third kappa shape index (κ3) is 6.02. The van der Waals surface area contributed by atoms with Gasteiger partial charge in [-0.15, -0.1) is 11.3 Å². The molecule has 1 N–H and O–H groups in total. The zero-order valence-electron chi connectivity index (χ0n) is 21.2. The Labute approximate surface area is 226 Å². The molecule has 1 amide bonds. The highest BCUT2D eigenvalue weighted by Crippen LogP contribution is 2.35. The number of rotatable bonds is 9. The van der Waals surface area contributed by atoms with E-state index in [1.54, 1.807) is 6.07 Å². The Morgan fingerprint density at radius 2 is 1.53 bits per heavy atom. The number of sulfonamides is 1. The van der Waals surface area contributed by atoms with E-state index in [0.29, 0.717) is 5.69 Å². The zero-order chi connectivity index (χ0) is 27.3. The summed E-state index contributed by atoms with van der Waals surface area (Å²) in [5, 5.41) is 2.77. The molecule has 196 valence electrons. The van der Waals surface area contributed by atoms with Crippen molar-refractivity contribution < 1.29 is 22.7 Å². The van der Waals surface area contributed by atoms with Crippen LogP contribution in [0.2, 0.25) is 0 Å². The monoisotopic (exact) mass is 548 g/mol. The Morgan fingerprint density at radius 3 is 2.11 bits per heavy atom. The minimum absolute atomic E-state index is 0.0934. The summed E-state index contributed by atoms with van der Waals surface area (Å²) in [7, 11) is -2.52. The van der Waals surface area contributed by atoms with E-state index in [0.717, 1.165) is 16.0 Å². The molecule has 9 heteroatoms. The number of nitrogens with zero attached hydrogens (tertiary/aromatic N) is 1. The lowest BCUT2D eigenvalue weighted by molar-refractivity contribution is 0.0607. The number of nitrogens with one attached hydrogen (secondary N) is 1. The van der Waals surface area contributed by atoms with Gasteiger partial charge in [0.15, 0.2) is 0 Å². The van der Waals surface area contributed by atoms with Gasteiger partial charge in [0, 0.05) is 23.0 Å². The maximum Gasteiger partial charge on any atom is 0.350 e. The summed E-state index contributed by atoms with van der Waals surface area (Å²) < 4.78 is 33.2. The molecule has 0 aliphatic heterocycles. The Bertz CT molecular complexity index is 1510. The predicted octanol–water partition coefficient (Wildman–Crippen LogP) is 6.05.